The van der Waals surface area contributed by atoms with E-state index in [4.69, 9.17) is 0 Å². The number of benzene rings is 2. The van der Waals surface area contributed by atoms with Gasteiger partial charge in [0.15, 0.2) is 0 Å². The molecule has 1 fully saturated rings. The molecule has 4 aromatic rings. The van der Waals surface area contributed by atoms with Crippen LogP contribution in [0.25, 0.3) is 17.0 Å². The number of amides is 1. The lowest BCUT2D eigenvalue weighted by atomic mass is 9.93. The Labute approximate surface area is 199 Å². The van der Waals surface area contributed by atoms with Crippen molar-refractivity contribution in [3.8, 4) is 11.3 Å². The van der Waals surface area contributed by atoms with Crippen molar-refractivity contribution in [3.63, 3.8) is 0 Å². The molecule has 0 bridgehead atoms. The summed E-state index contributed by atoms with van der Waals surface area (Å²) in [6.07, 6.45) is 4.80. The van der Waals surface area contributed by atoms with E-state index in [9.17, 15) is 9.18 Å². The predicted molar refractivity (Wildman–Crippen MR) is 128 cm³/mol. The highest BCUT2D eigenvalue weighted by Crippen LogP contribution is 2.41. The van der Waals surface area contributed by atoms with Gasteiger partial charge in [-0.1, -0.05) is 40.2 Å². The Morgan fingerprint density at radius 1 is 1.12 bits per heavy atom. The van der Waals surface area contributed by atoms with Crippen molar-refractivity contribution in [2.75, 3.05) is 6.54 Å². The molecule has 33 heavy (non-hydrogen) atoms. The van der Waals surface area contributed by atoms with Crippen LogP contribution in [-0.4, -0.2) is 31.7 Å². The summed E-state index contributed by atoms with van der Waals surface area (Å²) in [5.74, 6) is 0.377. The lowest BCUT2D eigenvalue weighted by Gasteiger charge is -2.35. The van der Waals surface area contributed by atoms with Crippen molar-refractivity contribution >= 4 is 27.6 Å². The number of rotatable bonds is 3. The van der Waals surface area contributed by atoms with Gasteiger partial charge in [-0.25, -0.2) is 14.4 Å². The molecule has 2 aromatic heterocycles. The second kappa shape index (κ2) is 7.76. The smallest absolute Gasteiger partial charge is 0.273 e. The lowest BCUT2D eigenvalue weighted by molar-refractivity contribution is 0.0671. The molecule has 0 N–H and O–H groups in total. The van der Waals surface area contributed by atoms with Gasteiger partial charge in [0.25, 0.3) is 5.91 Å². The molecule has 1 aliphatic carbocycles. The van der Waals surface area contributed by atoms with E-state index in [0.717, 1.165) is 25.0 Å². The van der Waals surface area contributed by atoms with Gasteiger partial charge in [0.1, 0.15) is 11.5 Å². The van der Waals surface area contributed by atoms with E-state index in [1.807, 2.05) is 33.7 Å². The van der Waals surface area contributed by atoms with E-state index in [0.29, 0.717) is 39.7 Å². The molecule has 1 aliphatic heterocycles. The number of carbonyl (C=O) groups is 1. The van der Waals surface area contributed by atoms with Crippen molar-refractivity contribution in [1.82, 2.24) is 19.3 Å². The summed E-state index contributed by atoms with van der Waals surface area (Å²) in [5, 5.41) is 0. The van der Waals surface area contributed by atoms with Gasteiger partial charge in [0.05, 0.1) is 11.7 Å². The van der Waals surface area contributed by atoms with Crippen molar-refractivity contribution in [2.24, 2.45) is 0 Å². The lowest BCUT2D eigenvalue weighted by Crippen LogP contribution is -2.39. The van der Waals surface area contributed by atoms with Gasteiger partial charge in [-0.3, -0.25) is 9.20 Å². The minimum Gasteiger partial charge on any atom is -0.330 e. The van der Waals surface area contributed by atoms with Crippen LogP contribution < -0.4 is 0 Å². The van der Waals surface area contributed by atoms with Gasteiger partial charge in [-0.05, 0) is 67.5 Å². The molecule has 3 heterocycles. The third kappa shape index (κ3) is 3.55. The van der Waals surface area contributed by atoms with Gasteiger partial charge in [-0.2, -0.15) is 0 Å². The predicted octanol–water partition coefficient (Wildman–Crippen LogP) is 5.93. The Morgan fingerprint density at radius 2 is 1.94 bits per heavy atom. The fraction of sp³-hybridized carbons (Fsp3) is 0.269. The molecule has 1 saturated carbocycles. The summed E-state index contributed by atoms with van der Waals surface area (Å²) in [6, 6.07) is 15.1. The Bertz CT molecular complexity index is 1410. The molecule has 2 aliphatic rings. The maximum Gasteiger partial charge on any atom is 0.273 e. The van der Waals surface area contributed by atoms with Gasteiger partial charge in [-0.15, -0.1) is 0 Å². The van der Waals surface area contributed by atoms with Crippen LogP contribution in [0.4, 0.5) is 4.39 Å². The van der Waals surface area contributed by atoms with Crippen LogP contribution in [0.3, 0.4) is 0 Å². The van der Waals surface area contributed by atoms with E-state index < -0.39 is 0 Å². The molecule has 0 spiro atoms. The molecule has 7 heteroatoms. The third-order valence-corrected chi connectivity index (χ3v) is 7.24. The molecular weight excluding hydrogens is 483 g/mol. The topological polar surface area (TPSA) is 50.5 Å². The number of hydrogen-bond donors (Lipinski definition) is 0. The third-order valence-electron chi connectivity index (χ3n) is 6.75. The summed E-state index contributed by atoms with van der Waals surface area (Å²) in [6.45, 7) is 2.73. The molecule has 0 radical (unpaired) electrons. The van der Waals surface area contributed by atoms with Gasteiger partial charge >= 0.3 is 0 Å². The van der Waals surface area contributed by atoms with Crippen LogP contribution in [0.1, 0.15) is 59.0 Å². The van der Waals surface area contributed by atoms with Crippen LogP contribution >= 0.6 is 15.9 Å². The molecule has 2 aromatic carbocycles. The number of fused-ring (bicyclic) bond motifs is 2. The first-order valence-corrected chi connectivity index (χ1v) is 12.0. The minimum absolute atomic E-state index is 0.0166. The monoisotopic (exact) mass is 504 g/mol. The average Bonchev–Trinajstić information content (AvgIpc) is 3.57. The molecule has 1 atom stereocenters. The first-order valence-electron chi connectivity index (χ1n) is 11.2. The maximum atomic E-state index is 14.6. The van der Waals surface area contributed by atoms with Gasteiger partial charge < -0.3 is 4.90 Å². The molecule has 166 valence electrons. The van der Waals surface area contributed by atoms with E-state index >= 15 is 0 Å². The quantitative estimate of drug-likeness (QED) is 0.347. The van der Waals surface area contributed by atoms with Crippen molar-refractivity contribution < 1.29 is 9.18 Å². The zero-order valence-electron chi connectivity index (χ0n) is 18.1. The summed E-state index contributed by atoms with van der Waals surface area (Å²) in [5.41, 5.74) is 4.84. The second-order valence-electron chi connectivity index (χ2n) is 8.88. The summed E-state index contributed by atoms with van der Waals surface area (Å²) < 4.78 is 17.2. The van der Waals surface area contributed by atoms with Crippen LogP contribution in [0.5, 0.6) is 0 Å². The molecular formula is C26H22BrFN4O. The first kappa shape index (κ1) is 20.5. The number of halogens is 2. The zero-order valence-corrected chi connectivity index (χ0v) is 19.7. The second-order valence-corrected chi connectivity index (χ2v) is 9.80. The maximum absolute atomic E-state index is 14.6. The van der Waals surface area contributed by atoms with Crippen molar-refractivity contribution in [1.29, 1.82) is 0 Å². The molecule has 1 amide bonds. The minimum atomic E-state index is -0.349. The van der Waals surface area contributed by atoms with Crippen molar-refractivity contribution in [2.45, 2.75) is 38.1 Å². The standard InChI is InChI=1S/C26H22BrFN4O/c1-15-19-5-3-2-4-16(19)10-11-31(15)25(33)22-13-24(17-6-7-17)32-14-23(30-26(32)29-22)20-9-8-18(27)12-21(20)28/h2-5,8-9,12-15,17H,6-7,10-11H2,1H3/t15-/m1/s1. The summed E-state index contributed by atoms with van der Waals surface area (Å²) in [7, 11) is 0. The van der Waals surface area contributed by atoms with E-state index in [-0.39, 0.29) is 17.8 Å². The fourth-order valence-corrected chi connectivity index (χ4v) is 5.15. The van der Waals surface area contributed by atoms with Crippen LogP contribution in [0.15, 0.2) is 59.2 Å². The largest absolute Gasteiger partial charge is 0.330 e. The number of carbonyl (C=O) groups excluding carboxylic acids is 1. The van der Waals surface area contributed by atoms with E-state index in [1.54, 1.807) is 12.1 Å². The highest BCUT2D eigenvalue weighted by Gasteiger charge is 2.32. The summed E-state index contributed by atoms with van der Waals surface area (Å²) in [4.78, 5) is 24.7. The molecule has 5 nitrogen and oxygen atoms in total. The van der Waals surface area contributed by atoms with Crippen LogP contribution in [0, 0.1) is 5.82 Å². The Hall–Kier alpha value is -3.06. The Balaban J connectivity index is 1.41. The first-order chi connectivity index (χ1) is 16.0. The normalized spacial score (nSPS) is 17.9. The van der Waals surface area contributed by atoms with E-state index in [2.05, 4.69) is 45.0 Å². The molecule has 0 unspecified atom stereocenters. The number of hydrogen-bond acceptors (Lipinski definition) is 3. The molecule has 0 saturated heterocycles. The Kier molecular flexibility index (Phi) is 4.83. The molecule has 6 rings (SSSR count). The Morgan fingerprint density at radius 3 is 2.73 bits per heavy atom. The number of aromatic nitrogens is 3. The highest BCUT2D eigenvalue weighted by atomic mass is 79.9. The van der Waals surface area contributed by atoms with E-state index in [1.165, 1.54) is 17.2 Å². The van der Waals surface area contributed by atoms with Gasteiger partial charge in [0, 0.05) is 28.5 Å². The average molecular weight is 505 g/mol. The van der Waals surface area contributed by atoms with Crippen LogP contribution in [0.2, 0.25) is 0 Å². The highest BCUT2D eigenvalue weighted by molar-refractivity contribution is 9.10. The van der Waals surface area contributed by atoms with Gasteiger partial charge in [0.2, 0.25) is 5.78 Å². The number of nitrogens with zero attached hydrogens (tertiary/aromatic N) is 4. The van der Waals surface area contributed by atoms with Crippen molar-refractivity contribution in [3.05, 3.63) is 87.5 Å². The fourth-order valence-electron chi connectivity index (χ4n) is 4.82. The zero-order chi connectivity index (χ0) is 22.7. The summed E-state index contributed by atoms with van der Waals surface area (Å²) >= 11 is 3.30. The van der Waals surface area contributed by atoms with Crippen LogP contribution in [-0.2, 0) is 6.42 Å². The number of imidazole rings is 1. The SMILES string of the molecule is C[C@@H]1c2ccccc2CCN1C(=O)c1cc(C2CC2)n2cc(-c3ccc(Br)cc3F)nc2n1.